The molecule has 168 valence electrons. The summed E-state index contributed by atoms with van der Waals surface area (Å²) in [5.74, 6) is -0.529. The first kappa shape index (κ1) is 23.1. The standard InChI is InChI=1S/C25H29N3O4/c1-4-10-20(29)26-19-15-13-17(14-16-19)22-21(24(30)32-6-3)23(18-11-8-7-9-12-18)28(5-2)25(31)27-22/h7-9,11-16,22H,4-6,10H2,1-3H3,(H,26,29)(H,27,31). The monoisotopic (exact) mass is 435 g/mol. The predicted octanol–water partition coefficient (Wildman–Crippen LogP) is 4.49. The number of hydrogen-bond acceptors (Lipinski definition) is 4. The van der Waals surface area contributed by atoms with Crippen LogP contribution in [0.15, 0.2) is 60.2 Å². The molecule has 0 bridgehead atoms. The largest absolute Gasteiger partial charge is 0.463 e. The van der Waals surface area contributed by atoms with Crippen LogP contribution in [0.1, 0.15) is 50.8 Å². The SMILES string of the molecule is CCCC(=O)Nc1ccc(C2NC(=O)N(CC)C(c3ccccc3)=C2C(=O)OCC)cc1. The number of rotatable bonds is 8. The second-order valence-electron chi connectivity index (χ2n) is 7.40. The van der Waals surface area contributed by atoms with Crippen LogP contribution in [0, 0.1) is 0 Å². The van der Waals surface area contributed by atoms with Crippen LogP contribution in [0.25, 0.3) is 5.70 Å². The molecule has 1 aliphatic heterocycles. The molecule has 3 amide bonds. The molecule has 2 aromatic carbocycles. The maximum absolute atomic E-state index is 13.1. The molecule has 7 nitrogen and oxygen atoms in total. The summed E-state index contributed by atoms with van der Waals surface area (Å²) < 4.78 is 5.38. The second kappa shape index (κ2) is 10.6. The van der Waals surface area contributed by atoms with Gasteiger partial charge in [0.1, 0.15) is 0 Å². The lowest BCUT2D eigenvalue weighted by Crippen LogP contribution is -2.47. The molecule has 0 aliphatic carbocycles. The third kappa shape index (κ3) is 4.99. The summed E-state index contributed by atoms with van der Waals surface area (Å²) in [5.41, 5.74) is 3.07. The van der Waals surface area contributed by atoms with Crippen molar-refractivity contribution in [1.29, 1.82) is 0 Å². The molecule has 1 unspecified atom stereocenters. The third-order valence-corrected chi connectivity index (χ3v) is 5.19. The summed E-state index contributed by atoms with van der Waals surface area (Å²) in [6.07, 6.45) is 1.21. The highest BCUT2D eigenvalue weighted by Crippen LogP contribution is 2.36. The van der Waals surface area contributed by atoms with Crippen molar-refractivity contribution < 1.29 is 19.1 Å². The number of nitrogens with one attached hydrogen (secondary N) is 2. The first-order chi connectivity index (χ1) is 15.5. The molecule has 3 rings (SSSR count). The zero-order chi connectivity index (χ0) is 23.1. The fraction of sp³-hybridized carbons (Fsp3) is 0.320. The Morgan fingerprint density at radius 2 is 1.72 bits per heavy atom. The van der Waals surface area contributed by atoms with E-state index in [0.29, 0.717) is 29.9 Å². The molecule has 1 aliphatic rings. The van der Waals surface area contributed by atoms with Gasteiger partial charge in [-0.05, 0) is 43.5 Å². The van der Waals surface area contributed by atoms with Gasteiger partial charge in [0.2, 0.25) is 5.91 Å². The van der Waals surface area contributed by atoms with Gasteiger partial charge in [-0.2, -0.15) is 0 Å². The minimum Gasteiger partial charge on any atom is -0.463 e. The minimum absolute atomic E-state index is 0.0525. The van der Waals surface area contributed by atoms with Crippen LogP contribution >= 0.6 is 0 Å². The molecule has 0 fully saturated rings. The summed E-state index contributed by atoms with van der Waals surface area (Å²) in [6.45, 7) is 6.18. The van der Waals surface area contributed by atoms with Gasteiger partial charge in [-0.25, -0.2) is 9.59 Å². The Balaban J connectivity index is 2.08. The number of carbonyl (C=O) groups is 3. The van der Waals surface area contributed by atoms with E-state index >= 15 is 0 Å². The molecular weight excluding hydrogens is 406 g/mol. The van der Waals surface area contributed by atoms with E-state index in [1.165, 1.54) is 0 Å². The van der Waals surface area contributed by atoms with E-state index in [-0.39, 0.29) is 18.5 Å². The molecule has 1 heterocycles. The van der Waals surface area contributed by atoms with Gasteiger partial charge >= 0.3 is 12.0 Å². The lowest BCUT2D eigenvalue weighted by Gasteiger charge is -2.36. The van der Waals surface area contributed by atoms with Crippen LogP contribution in [0.2, 0.25) is 0 Å². The van der Waals surface area contributed by atoms with E-state index in [9.17, 15) is 14.4 Å². The van der Waals surface area contributed by atoms with Crippen molar-refractivity contribution in [3.05, 3.63) is 71.3 Å². The van der Waals surface area contributed by atoms with E-state index in [1.54, 1.807) is 36.1 Å². The second-order valence-corrected chi connectivity index (χ2v) is 7.40. The predicted molar refractivity (Wildman–Crippen MR) is 124 cm³/mol. The van der Waals surface area contributed by atoms with Crippen LogP contribution in [-0.2, 0) is 14.3 Å². The number of benzene rings is 2. The van der Waals surface area contributed by atoms with Gasteiger partial charge in [0, 0.05) is 18.7 Å². The minimum atomic E-state index is -0.681. The van der Waals surface area contributed by atoms with Gasteiger partial charge < -0.3 is 15.4 Å². The van der Waals surface area contributed by atoms with E-state index < -0.39 is 12.0 Å². The number of ether oxygens (including phenoxy) is 1. The Hall–Kier alpha value is -3.61. The van der Waals surface area contributed by atoms with Crippen molar-refractivity contribution in [1.82, 2.24) is 10.2 Å². The first-order valence-electron chi connectivity index (χ1n) is 10.9. The van der Waals surface area contributed by atoms with Crippen LogP contribution < -0.4 is 10.6 Å². The van der Waals surface area contributed by atoms with Gasteiger partial charge in [-0.15, -0.1) is 0 Å². The molecule has 0 aromatic heterocycles. The molecule has 7 heteroatoms. The van der Waals surface area contributed by atoms with Gasteiger partial charge in [-0.1, -0.05) is 49.4 Å². The van der Waals surface area contributed by atoms with Crippen LogP contribution in [0.3, 0.4) is 0 Å². The van der Waals surface area contributed by atoms with Crippen molar-refractivity contribution in [3.8, 4) is 0 Å². The van der Waals surface area contributed by atoms with Crippen molar-refractivity contribution in [2.24, 2.45) is 0 Å². The number of hydrogen-bond donors (Lipinski definition) is 2. The molecular formula is C25H29N3O4. The third-order valence-electron chi connectivity index (χ3n) is 5.19. The number of urea groups is 1. The number of carbonyl (C=O) groups excluding carboxylic acids is 3. The number of esters is 1. The lowest BCUT2D eigenvalue weighted by molar-refractivity contribution is -0.139. The Labute approximate surface area is 188 Å². The average molecular weight is 436 g/mol. The summed E-state index contributed by atoms with van der Waals surface area (Å²) in [5, 5.41) is 5.79. The van der Waals surface area contributed by atoms with Gasteiger partial charge in [0.05, 0.1) is 23.9 Å². The molecule has 32 heavy (non-hydrogen) atoms. The van der Waals surface area contributed by atoms with E-state index in [4.69, 9.17) is 4.74 Å². The Kier molecular flexibility index (Phi) is 7.65. The molecule has 1 atom stereocenters. The fourth-order valence-corrected chi connectivity index (χ4v) is 3.75. The first-order valence-corrected chi connectivity index (χ1v) is 10.9. The van der Waals surface area contributed by atoms with Crippen molar-refractivity contribution in [2.45, 2.75) is 39.7 Å². The van der Waals surface area contributed by atoms with Crippen LogP contribution in [-0.4, -0.2) is 36.0 Å². The van der Waals surface area contributed by atoms with Crippen LogP contribution in [0.5, 0.6) is 0 Å². The Bertz CT molecular complexity index is 1000. The average Bonchev–Trinajstić information content (AvgIpc) is 2.79. The number of nitrogens with zero attached hydrogens (tertiary/aromatic N) is 1. The zero-order valence-electron chi connectivity index (χ0n) is 18.7. The quantitative estimate of drug-likeness (QED) is 0.598. The fourth-order valence-electron chi connectivity index (χ4n) is 3.75. The summed E-state index contributed by atoms with van der Waals surface area (Å²) in [4.78, 5) is 39.5. The maximum atomic E-state index is 13.1. The zero-order valence-corrected chi connectivity index (χ0v) is 18.7. The van der Waals surface area contributed by atoms with E-state index in [0.717, 1.165) is 17.5 Å². The van der Waals surface area contributed by atoms with Crippen molar-refractivity contribution in [2.75, 3.05) is 18.5 Å². The topological polar surface area (TPSA) is 87.7 Å². The van der Waals surface area contributed by atoms with Gasteiger partial charge in [0.15, 0.2) is 0 Å². The molecule has 2 N–H and O–H groups in total. The van der Waals surface area contributed by atoms with Crippen molar-refractivity contribution in [3.63, 3.8) is 0 Å². The number of amides is 3. The summed E-state index contributed by atoms with van der Waals surface area (Å²) in [6, 6.07) is 15.5. The normalized spacial score (nSPS) is 15.9. The molecule has 0 saturated carbocycles. The van der Waals surface area contributed by atoms with Gasteiger partial charge in [-0.3, -0.25) is 9.69 Å². The summed E-state index contributed by atoms with van der Waals surface area (Å²) in [7, 11) is 0. The van der Waals surface area contributed by atoms with E-state index in [1.807, 2.05) is 44.2 Å². The highest BCUT2D eigenvalue weighted by atomic mass is 16.5. The molecule has 0 saturated heterocycles. The Morgan fingerprint density at radius 1 is 1.03 bits per heavy atom. The van der Waals surface area contributed by atoms with Crippen LogP contribution in [0.4, 0.5) is 10.5 Å². The van der Waals surface area contributed by atoms with Crippen molar-refractivity contribution >= 4 is 29.3 Å². The molecule has 0 radical (unpaired) electrons. The highest BCUT2D eigenvalue weighted by molar-refractivity contribution is 6.04. The smallest absolute Gasteiger partial charge is 0.338 e. The molecule has 0 spiro atoms. The van der Waals surface area contributed by atoms with Gasteiger partial charge in [0.25, 0.3) is 0 Å². The van der Waals surface area contributed by atoms with E-state index in [2.05, 4.69) is 10.6 Å². The highest BCUT2D eigenvalue weighted by Gasteiger charge is 2.38. The molecule has 2 aromatic rings. The number of anilines is 1. The summed E-state index contributed by atoms with van der Waals surface area (Å²) >= 11 is 0. The maximum Gasteiger partial charge on any atom is 0.338 e. The Morgan fingerprint density at radius 3 is 2.31 bits per heavy atom. The lowest BCUT2D eigenvalue weighted by atomic mass is 9.91.